The largest absolute Gasteiger partial charge is 0.478 e. The van der Waals surface area contributed by atoms with Gasteiger partial charge in [-0.2, -0.15) is 0 Å². The second-order valence-electron chi connectivity index (χ2n) is 4.29. The number of anilines is 1. The molecule has 0 aliphatic carbocycles. The molecule has 2 rings (SSSR count). The van der Waals surface area contributed by atoms with Crippen LogP contribution in [0.15, 0.2) is 36.4 Å². The van der Waals surface area contributed by atoms with Crippen molar-refractivity contribution in [3.63, 3.8) is 0 Å². The molecule has 0 saturated heterocycles. The molecular formula is C14H12Cl2N2O2. The molecule has 1 heterocycles. The lowest BCUT2D eigenvalue weighted by molar-refractivity contribution is 0.0697. The quantitative estimate of drug-likeness (QED) is 0.874. The van der Waals surface area contributed by atoms with Crippen molar-refractivity contribution in [3.05, 3.63) is 57.7 Å². The van der Waals surface area contributed by atoms with Crippen LogP contribution in [0.25, 0.3) is 0 Å². The smallest absolute Gasteiger partial charge is 0.335 e. The molecule has 0 saturated carbocycles. The van der Waals surface area contributed by atoms with E-state index in [9.17, 15) is 4.79 Å². The highest BCUT2D eigenvalue weighted by Crippen LogP contribution is 2.22. The number of benzene rings is 1. The summed E-state index contributed by atoms with van der Waals surface area (Å²) in [6.07, 6.45) is 0. The van der Waals surface area contributed by atoms with Gasteiger partial charge >= 0.3 is 5.97 Å². The SMILES string of the molecule is CN(Cc1ccccc1Cl)c1cc(C(=O)O)cc(Cl)n1. The molecule has 1 N–H and O–H groups in total. The standard InChI is InChI=1S/C14H12Cl2N2O2/c1-18(8-9-4-2-3-5-11(9)15)13-7-10(14(19)20)6-12(16)17-13/h2-7H,8H2,1H3,(H,19,20). The first-order valence-corrected chi connectivity index (χ1v) is 6.58. The molecule has 20 heavy (non-hydrogen) atoms. The topological polar surface area (TPSA) is 53.4 Å². The van der Waals surface area contributed by atoms with Crippen LogP contribution in [0.1, 0.15) is 15.9 Å². The minimum atomic E-state index is -1.04. The third-order valence-electron chi connectivity index (χ3n) is 2.78. The average Bonchev–Trinajstić information content (AvgIpc) is 2.40. The monoisotopic (exact) mass is 310 g/mol. The Kier molecular flexibility index (Phi) is 4.47. The van der Waals surface area contributed by atoms with Crippen LogP contribution in [-0.4, -0.2) is 23.1 Å². The van der Waals surface area contributed by atoms with Gasteiger partial charge in [0, 0.05) is 18.6 Å². The lowest BCUT2D eigenvalue weighted by atomic mass is 10.2. The molecule has 0 fully saturated rings. The van der Waals surface area contributed by atoms with Crippen molar-refractivity contribution < 1.29 is 9.90 Å². The number of hydrogen-bond donors (Lipinski definition) is 1. The van der Waals surface area contributed by atoms with E-state index in [0.717, 1.165) is 5.56 Å². The summed E-state index contributed by atoms with van der Waals surface area (Å²) in [6.45, 7) is 0.506. The molecule has 1 aromatic heterocycles. The van der Waals surface area contributed by atoms with Crippen molar-refractivity contribution in [2.45, 2.75) is 6.54 Å². The van der Waals surface area contributed by atoms with Gasteiger partial charge in [-0.3, -0.25) is 0 Å². The zero-order valence-corrected chi connectivity index (χ0v) is 12.2. The van der Waals surface area contributed by atoms with E-state index in [1.54, 1.807) is 18.0 Å². The Morgan fingerprint density at radius 1 is 1.30 bits per heavy atom. The van der Waals surface area contributed by atoms with Gasteiger partial charge in [0.1, 0.15) is 11.0 Å². The highest BCUT2D eigenvalue weighted by Gasteiger charge is 2.11. The first-order chi connectivity index (χ1) is 9.47. The Balaban J connectivity index is 2.27. The number of carboxylic acids is 1. The maximum absolute atomic E-state index is 11.0. The zero-order valence-electron chi connectivity index (χ0n) is 10.7. The van der Waals surface area contributed by atoms with Gasteiger partial charge in [-0.05, 0) is 23.8 Å². The van der Waals surface area contributed by atoms with Crippen molar-refractivity contribution in [1.29, 1.82) is 0 Å². The van der Waals surface area contributed by atoms with E-state index in [1.165, 1.54) is 12.1 Å². The fourth-order valence-corrected chi connectivity index (χ4v) is 2.16. The highest BCUT2D eigenvalue weighted by atomic mass is 35.5. The fourth-order valence-electron chi connectivity index (χ4n) is 1.77. The Hall–Kier alpha value is -1.78. The number of aromatic nitrogens is 1. The van der Waals surface area contributed by atoms with Gasteiger partial charge in [0.05, 0.1) is 5.56 Å². The molecule has 0 aliphatic rings. The summed E-state index contributed by atoms with van der Waals surface area (Å²) >= 11 is 11.9. The Bertz CT molecular complexity index is 647. The Morgan fingerprint density at radius 2 is 2.00 bits per heavy atom. The number of rotatable bonds is 4. The summed E-state index contributed by atoms with van der Waals surface area (Å²) < 4.78 is 0. The second kappa shape index (κ2) is 6.11. The van der Waals surface area contributed by atoms with Crippen molar-refractivity contribution in [2.75, 3.05) is 11.9 Å². The number of nitrogens with zero attached hydrogens (tertiary/aromatic N) is 2. The van der Waals surface area contributed by atoms with Crippen LogP contribution in [0.2, 0.25) is 10.2 Å². The molecule has 0 amide bonds. The number of hydrogen-bond acceptors (Lipinski definition) is 3. The summed E-state index contributed by atoms with van der Waals surface area (Å²) in [5.41, 5.74) is 1.03. The summed E-state index contributed by atoms with van der Waals surface area (Å²) in [6, 6.07) is 10.2. The van der Waals surface area contributed by atoms with Gasteiger partial charge in [-0.1, -0.05) is 41.4 Å². The lowest BCUT2D eigenvalue weighted by Gasteiger charge is -2.19. The van der Waals surface area contributed by atoms with Crippen LogP contribution in [-0.2, 0) is 6.54 Å². The molecule has 0 atom stereocenters. The zero-order chi connectivity index (χ0) is 14.7. The van der Waals surface area contributed by atoms with Gasteiger partial charge < -0.3 is 10.0 Å². The highest BCUT2D eigenvalue weighted by molar-refractivity contribution is 6.31. The molecular weight excluding hydrogens is 299 g/mol. The molecule has 104 valence electrons. The van der Waals surface area contributed by atoms with Crippen molar-refractivity contribution in [3.8, 4) is 0 Å². The number of pyridine rings is 1. The molecule has 0 unspecified atom stereocenters. The van der Waals surface area contributed by atoms with E-state index in [4.69, 9.17) is 28.3 Å². The molecule has 0 aliphatic heterocycles. The number of halogens is 2. The predicted molar refractivity (Wildman–Crippen MR) is 79.8 cm³/mol. The molecule has 4 nitrogen and oxygen atoms in total. The van der Waals surface area contributed by atoms with Crippen molar-refractivity contribution in [2.24, 2.45) is 0 Å². The fraction of sp³-hybridized carbons (Fsp3) is 0.143. The summed E-state index contributed by atoms with van der Waals surface area (Å²) in [7, 11) is 1.80. The van der Waals surface area contributed by atoms with E-state index in [0.29, 0.717) is 17.4 Å². The van der Waals surface area contributed by atoms with Crippen molar-refractivity contribution in [1.82, 2.24) is 4.98 Å². The minimum absolute atomic E-state index is 0.103. The average molecular weight is 311 g/mol. The van der Waals surface area contributed by atoms with E-state index in [2.05, 4.69) is 4.98 Å². The van der Waals surface area contributed by atoms with Crippen LogP contribution in [0.5, 0.6) is 0 Å². The summed E-state index contributed by atoms with van der Waals surface area (Å²) in [5, 5.41) is 9.82. The maximum atomic E-state index is 11.0. The van der Waals surface area contributed by atoms with Crippen molar-refractivity contribution >= 4 is 35.0 Å². The molecule has 0 spiro atoms. The van der Waals surface area contributed by atoms with E-state index in [-0.39, 0.29) is 10.7 Å². The first-order valence-electron chi connectivity index (χ1n) is 5.83. The lowest BCUT2D eigenvalue weighted by Crippen LogP contribution is -2.18. The van der Waals surface area contributed by atoms with E-state index in [1.807, 2.05) is 18.2 Å². The van der Waals surface area contributed by atoms with Crippen LogP contribution in [0.3, 0.4) is 0 Å². The predicted octanol–water partition coefficient (Wildman–Crippen LogP) is 3.72. The molecule has 6 heteroatoms. The molecule has 2 aromatic rings. The van der Waals surface area contributed by atoms with Gasteiger partial charge in [0.15, 0.2) is 0 Å². The second-order valence-corrected chi connectivity index (χ2v) is 5.08. The van der Waals surface area contributed by atoms with Crippen LogP contribution < -0.4 is 4.90 Å². The summed E-state index contributed by atoms with van der Waals surface area (Å²) in [4.78, 5) is 16.9. The molecule has 0 radical (unpaired) electrons. The molecule has 1 aromatic carbocycles. The number of aromatic carboxylic acids is 1. The first kappa shape index (κ1) is 14.6. The van der Waals surface area contributed by atoms with E-state index < -0.39 is 5.97 Å². The van der Waals surface area contributed by atoms with Gasteiger partial charge in [-0.15, -0.1) is 0 Å². The third-order valence-corrected chi connectivity index (χ3v) is 3.35. The Morgan fingerprint density at radius 3 is 2.65 bits per heavy atom. The molecule has 0 bridgehead atoms. The van der Waals surface area contributed by atoms with Gasteiger partial charge in [-0.25, -0.2) is 9.78 Å². The van der Waals surface area contributed by atoms with Gasteiger partial charge in [0.2, 0.25) is 0 Å². The number of carboxylic acid groups (broad SMARTS) is 1. The van der Waals surface area contributed by atoms with E-state index >= 15 is 0 Å². The summed E-state index contributed by atoms with van der Waals surface area (Å²) in [5.74, 6) is -0.559. The minimum Gasteiger partial charge on any atom is -0.478 e. The maximum Gasteiger partial charge on any atom is 0.335 e. The van der Waals surface area contributed by atoms with Crippen LogP contribution >= 0.6 is 23.2 Å². The normalized spacial score (nSPS) is 10.3. The van der Waals surface area contributed by atoms with Crippen LogP contribution in [0, 0.1) is 0 Å². The number of carbonyl (C=O) groups is 1. The van der Waals surface area contributed by atoms with Gasteiger partial charge in [0.25, 0.3) is 0 Å². The Labute approximate surface area is 126 Å². The van der Waals surface area contributed by atoms with Crippen LogP contribution in [0.4, 0.5) is 5.82 Å². The third kappa shape index (κ3) is 3.40.